The summed E-state index contributed by atoms with van der Waals surface area (Å²) >= 11 is 8.86. The molecule has 0 spiro atoms. The summed E-state index contributed by atoms with van der Waals surface area (Å²) in [5.41, 5.74) is 10.3. The van der Waals surface area contributed by atoms with Gasteiger partial charge in [-0.2, -0.15) is 8.75 Å². The number of nitrogens with zero attached hydrogens (tertiary/aromatic N) is 2. The van der Waals surface area contributed by atoms with E-state index in [1.54, 1.807) is 0 Å². The van der Waals surface area contributed by atoms with Crippen molar-refractivity contribution in [2.24, 2.45) is 0 Å². The van der Waals surface area contributed by atoms with Crippen LogP contribution in [0.3, 0.4) is 0 Å². The fourth-order valence-electron chi connectivity index (χ4n) is 6.26. The zero-order valence-electron chi connectivity index (χ0n) is 29.3. The molecule has 0 aliphatic rings. The van der Waals surface area contributed by atoms with Crippen molar-refractivity contribution in [1.82, 2.24) is 8.75 Å². The minimum absolute atomic E-state index is 1.03. The summed E-state index contributed by atoms with van der Waals surface area (Å²) in [6.45, 7) is 9.11. The van der Waals surface area contributed by atoms with Crippen LogP contribution in [0.25, 0.3) is 56.2 Å². The molecule has 0 radical (unpaired) electrons. The Kier molecular flexibility index (Phi) is 13.3. The smallest absolute Gasteiger partial charge is 0.114 e. The molecule has 0 saturated heterocycles. The number of fused-ring (bicyclic) bond motifs is 1. The monoisotopic (exact) mass is 740 g/mol. The number of thiophene rings is 4. The number of aromatic nitrogens is 2. The molecule has 6 aromatic rings. The Hall–Kier alpha value is -2.68. The zero-order valence-corrected chi connectivity index (χ0v) is 33.4. The number of hydrogen-bond donors (Lipinski definition) is 0. The Morgan fingerprint density at radius 3 is 1.29 bits per heavy atom. The Balaban J connectivity index is 1.33. The minimum Gasteiger partial charge on any atom is -0.172 e. The van der Waals surface area contributed by atoms with Gasteiger partial charge in [0.1, 0.15) is 11.0 Å². The maximum Gasteiger partial charge on any atom is 0.114 e. The highest BCUT2D eigenvalue weighted by Crippen LogP contribution is 2.42. The van der Waals surface area contributed by atoms with E-state index in [2.05, 4.69) is 99.2 Å². The van der Waals surface area contributed by atoms with E-state index < -0.39 is 0 Å². The Morgan fingerprint density at radius 1 is 0.490 bits per heavy atom. The van der Waals surface area contributed by atoms with E-state index in [-0.39, 0.29) is 0 Å². The molecule has 0 bridgehead atoms. The zero-order chi connectivity index (χ0) is 34.0. The third-order valence-corrected chi connectivity index (χ3v) is 13.9. The summed E-state index contributed by atoms with van der Waals surface area (Å²) in [6.07, 6.45) is 23.7. The summed E-state index contributed by atoms with van der Waals surface area (Å²) in [6, 6.07) is 14.1. The SMILES string of the molecule is CCCCc1ccsc1C=Cc1sc(-c2ccc(-c3cc(CCCC)c(C=Cc4sccc4CCCC)s3)c3nsnc23)cc1CCCC. The van der Waals surface area contributed by atoms with Gasteiger partial charge in [-0.05, 0) is 133 Å². The van der Waals surface area contributed by atoms with Gasteiger partial charge >= 0.3 is 0 Å². The fourth-order valence-corrected chi connectivity index (χ4v) is 10.8. The molecule has 6 rings (SSSR count). The molecule has 1 aromatic carbocycles. The molecule has 5 heterocycles. The molecule has 7 heteroatoms. The largest absolute Gasteiger partial charge is 0.172 e. The predicted octanol–water partition coefficient (Wildman–Crippen LogP) is 15.0. The first kappa shape index (κ1) is 36.1. The molecule has 0 unspecified atom stereocenters. The van der Waals surface area contributed by atoms with E-state index in [0.29, 0.717) is 0 Å². The highest BCUT2D eigenvalue weighted by molar-refractivity contribution is 7.17. The highest BCUT2D eigenvalue weighted by atomic mass is 32.1. The van der Waals surface area contributed by atoms with E-state index >= 15 is 0 Å². The van der Waals surface area contributed by atoms with Crippen molar-refractivity contribution in [2.45, 2.75) is 105 Å². The van der Waals surface area contributed by atoms with E-state index in [9.17, 15) is 0 Å². The van der Waals surface area contributed by atoms with Crippen molar-refractivity contribution in [3.63, 3.8) is 0 Å². The van der Waals surface area contributed by atoms with E-state index in [4.69, 9.17) is 8.75 Å². The standard InChI is InChI=1S/C42H48N2S5/c1-5-9-13-29-23-25-45-35(29)19-21-37-31(15-11-7-3)27-39(47-37)33-17-18-34(42-41(33)43-49-44-42)40-28-32(16-12-8-4)38(48-40)22-20-36-30(14-10-6-2)24-26-46-36/h17-28H,5-16H2,1-4H3. The van der Waals surface area contributed by atoms with Crippen molar-refractivity contribution in [2.75, 3.05) is 0 Å². The van der Waals surface area contributed by atoms with Gasteiger partial charge in [0.05, 0.1) is 11.7 Å². The summed E-state index contributed by atoms with van der Waals surface area (Å²) in [7, 11) is 0. The first-order valence-electron chi connectivity index (χ1n) is 18.1. The number of hydrogen-bond acceptors (Lipinski definition) is 7. The highest BCUT2D eigenvalue weighted by Gasteiger charge is 2.19. The van der Waals surface area contributed by atoms with Crippen molar-refractivity contribution >= 4 is 92.4 Å². The van der Waals surface area contributed by atoms with Gasteiger partial charge in [0.15, 0.2) is 0 Å². The van der Waals surface area contributed by atoms with Gasteiger partial charge in [-0.3, -0.25) is 0 Å². The molecule has 0 atom stereocenters. The molecule has 49 heavy (non-hydrogen) atoms. The lowest BCUT2D eigenvalue weighted by Gasteiger charge is -2.03. The van der Waals surface area contributed by atoms with Crippen molar-refractivity contribution < 1.29 is 0 Å². The van der Waals surface area contributed by atoms with Gasteiger partial charge in [0, 0.05) is 40.4 Å². The van der Waals surface area contributed by atoms with Crippen LogP contribution in [0.1, 0.15) is 121 Å². The first-order valence-corrected chi connectivity index (χ1v) is 22.3. The maximum atomic E-state index is 4.90. The van der Waals surface area contributed by atoms with Gasteiger partial charge in [0.25, 0.3) is 0 Å². The minimum atomic E-state index is 1.03. The lowest BCUT2D eigenvalue weighted by molar-refractivity contribution is 0.796. The summed E-state index contributed by atoms with van der Waals surface area (Å²) in [4.78, 5) is 8.13. The Labute approximate surface area is 313 Å². The third kappa shape index (κ3) is 8.80. The molecule has 0 fully saturated rings. The van der Waals surface area contributed by atoms with Crippen LogP contribution in [-0.2, 0) is 25.7 Å². The molecule has 0 aliphatic carbocycles. The van der Waals surface area contributed by atoms with Crippen LogP contribution in [0, 0.1) is 0 Å². The number of benzene rings is 1. The molecule has 0 N–H and O–H groups in total. The van der Waals surface area contributed by atoms with Gasteiger partial charge < -0.3 is 0 Å². The average molecular weight is 741 g/mol. The molecule has 0 saturated carbocycles. The molecule has 0 aliphatic heterocycles. The average Bonchev–Trinajstić information content (AvgIpc) is 3.96. The van der Waals surface area contributed by atoms with Crippen molar-refractivity contribution in [3.8, 4) is 20.9 Å². The number of rotatable bonds is 18. The van der Waals surface area contributed by atoms with Crippen molar-refractivity contribution in [3.05, 3.63) is 88.9 Å². The lowest BCUT2D eigenvalue weighted by Crippen LogP contribution is -1.85. The molecular formula is C42H48N2S5. The van der Waals surface area contributed by atoms with Gasteiger partial charge in [0.2, 0.25) is 0 Å². The van der Waals surface area contributed by atoms with Gasteiger partial charge in [-0.15, -0.1) is 45.3 Å². The molecule has 5 aromatic heterocycles. The van der Waals surface area contributed by atoms with Crippen LogP contribution in [0.15, 0.2) is 47.2 Å². The van der Waals surface area contributed by atoms with Gasteiger partial charge in [-0.25, -0.2) is 0 Å². The Morgan fingerprint density at radius 2 is 0.878 bits per heavy atom. The topological polar surface area (TPSA) is 25.8 Å². The lowest BCUT2D eigenvalue weighted by atomic mass is 10.0. The number of unbranched alkanes of at least 4 members (excludes halogenated alkanes) is 4. The second-order valence-electron chi connectivity index (χ2n) is 12.8. The summed E-state index contributed by atoms with van der Waals surface area (Å²) < 4.78 is 9.81. The fraction of sp³-hybridized carbons (Fsp3) is 0.381. The molecule has 0 amide bonds. The van der Waals surface area contributed by atoms with Crippen LogP contribution in [-0.4, -0.2) is 8.75 Å². The first-order chi connectivity index (χ1) is 24.1. The van der Waals surface area contributed by atoms with Crippen LogP contribution in [0.5, 0.6) is 0 Å². The summed E-state index contributed by atoms with van der Waals surface area (Å²) in [5.74, 6) is 0. The van der Waals surface area contributed by atoms with E-state index in [1.807, 2.05) is 45.3 Å². The second kappa shape index (κ2) is 18.0. The summed E-state index contributed by atoms with van der Waals surface area (Å²) in [5, 5.41) is 4.48. The van der Waals surface area contributed by atoms with E-state index in [0.717, 1.165) is 36.7 Å². The number of aryl methyl sites for hydroxylation is 4. The maximum absolute atomic E-state index is 4.90. The van der Waals surface area contributed by atoms with Crippen LogP contribution < -0.4 is 0 Å². The van der Waals surface area contributed by atoms with Crippen LogP contribution in [0.2, 0.25) is 0 Å². The molecule has 256 valence electrons. The van der Waals surface area contributed by atoms with Gasteiger partial charge in [-0.1, -0.05) is 65.5 Å². The molecule has 2 nitrogen and oxygen atoms in total. The normalized spacial score (nSPS) is 12.1. The second-order valence-corrected chi connectivity index (χ2v) is 17.4. The predicted molar refractivity (Wildman–Crippen MR) is 225 cm³/mol. The Bertz CT molecular complexity index is 1850. The van der Waals surface area contributed by atoms with Crippen LogP contribution >= 0.6 is 57.1 Å². The third-order valence-electron chi connectivity index (χ3n) is 9.16. The van der Waals surface area contributed by atoms with E-state index in [1.165, 1.54) is 126 Å². The van der Waals surface area contributed by atoms with Crippen LogP contribution in [0.4, 0.5) is 0 Å². The van der Waals surface area contributed by atoms with Crippen molar-refractivity contribution in [1.29, 1.82) is 0 Å². The molecular weight excluding hydrogens is 693 g/mol. The quantitative estimate of drug-likeness (QED) is 0.0877.